The second-order valence-electron chi connectivity index (χ2n) is 4.50. The summed E-state index contributed by atoms with van der Waals surface area (Å²) >= 11 is 0. The topological polar surface area (TPSA) is 34.4 Å². The number of imidazole rings is 1. The maximum atomic E-state index is 13.1. The SMILES string of the molecule is O=Cc1ccc2cnc(-c3ccccc3C(F)(F)F)n2c1. The van der Waals surface area contributed by atoms with Crippen LogP contribution in [0.4, 0.5) is 13.2 Å². The Hall–Kier alpha value is -2.63. The van der Waals surface area contributed by atoms with Crippen molar-refractivity contribution in [3.63, 3.8) is 0 Å². The lowest BCUT2D eigenvalue weighted by Gasteiger charge is -2.12. The zero-order chi connectivity index (χ0) is 15.0. The number of hydrogen-bond acceptors (Lipinski definition) is 2. The highest BCUT2D eigenvalue weighted by Crippen LogP contribution is 2.36. The van der Waals surface area contributed by atoms with Crippen LogP contribution in [-0.2, 0) is 6.18 Å². The van der Waals surface area contributed by atoms with Gasteiger partial charge in [0.05, 0.1) is 17.3 Å². The predicted octanol–water partition coefficient (Wildman–Crippen LogP) is 3.83. The van der Waals surface area contributed by atoms with Crippen LogP contribution in [0, 0.1) is 0 Å². The summed E-state index contributed by atoms with van der Waals surface area (Å²) in [6, 6.07) is 8.46. The molecular weight excluding hydrogens is 281 g/mol. The fourth-order valence-corrected chi connectivity index (χ4v) is 2.20. The van der Waals surface area contributed by atoms with Gasteiger partial charge in [-0.15, -0.1) is 0 Å². The number of aromatic nitrogens is 2. The van der Waals surface area contributed by atoms with Gasteiger partial charge in [-0.05, 0) is 18.2 Å². The number of pyridine rings is 1. The van der Waals surface area contributed by atoms with Crippen LogP contribution in [0.15, 0.2) is 48.8 Å². The number of alkyl halides is 3. The monoisotopic (exact) mass is 290 g/mol. The first-order chi connectivity index (χ1) is 10.0. The van der Waals surface area contributed by atoms with Gasteiger partial charge >= 0.3 is 6.18 Å². The molecule has 0 spiro atoms. The van der Waals surface area contributed by atoms with Crippen LogP contribution in [0.3, 0.4) is 0 Å². The molecule has 6 heteroatoms. The molecule has 0 atom stereocenters. The van der Waals surface area contributed by atoms with Crippen molar-refractivity contribution in [1.29, 1.82) is 0 Å². The van der Waals surface area contributed by atoms with Crippen LogP contribution in [0.25, 0.3) is 16.9 Å². The Balaban J connectivity index is 2.29. The van der Waals surface area contributed by atoms with E-state index in [2.05, 4.69) is 4.98 Å². The van der Waals surface area contributed by atoms with Crippen molar-refractivity contribution in [2.75, 3.05) is 0 Å². The lowest BCUT2D eigenvalue weighted by Crippen LogP contribution is -2.08. The van der Waals surface area contributed by atoms with E-state index in [1.165, 1.54) is 35.0 Å². The Bertz CT molecular complexity index is 821. The number of fused-ring (bicyclic) bond motifs is 1. The first-order valence-electron chi connectivity index (χ1n) is 6.09. The first-order valence-corrected chi connectivity index (χ1v) is 6.09. The van der Waals surface area contributed by atoms with Gasteiger partial charge in [0.1, 0.15) is 5.82 Å². The van der Waals surface area contributed by atoms with E-state index in [1.54, 1.807) is 12.1 Å². The molecule has 106 valence electrons. The molecule has 0 radical (unpaired) electrons. The van der Waals surface area contributed by atoms with E-state index in [9.17, 15) is 18.0 Å². The smallest absolute Gasteiger partial charge is 0.299 e. The van der Waals surface area contributed by atoms with Gasteiger partial charge in [-0.25, -0.2) is 4.98 Å². The molecule has 2 aromatic heterocycles. The van der Waals surface area contributed by atoms with E-state index in [0.717, 1.165) is 6.07 Å². The number of aldehydes is 1. The van der Waals surface area contributed by atoms with Crippen LogP contribution < -0.4 is 0 Å². The van der Waals surface area contributed by atoms with Crippen LogP contribution >= 0.6 is 0 Å². The van der Waals surface area contributed by atoms with Gasteiger partial charge in [0.2, 0.25) is 0 Å². The zero-order valence-corrected chi connectivity index (χ0v) is 10.6. The quantitative estimate of drug-likeness (QED) is 0.672. The van der Waals surface area contributed by atoms with Gasteiger partial charge in [-0.1, -0.05) is 18.2 Å². The van der Waals surface area contributed by atoms with Crippen LogP contribution in [-0.4, -0.2) is 15.7 Å². The number of halogens is 3. The van der Waals surface area contributed by atoms with Crippen molar-refractivity contribution in [2.24, 2.45) is 0 Å². The molecule has 0 fully saturated rings. The standard InChI is InChI=1S/C15H9F3N2O/c16-15(17,18)13-4-2-1-3-12(13)14-19-7-11-6-5-10(9-21)8-20(11)14/h1-9H. The number of benzene rings is 1. The molecule has 1 aromatic carbocycles. The number of nitrogens with zero attached hydrogens (tertiary/aromatic N) is 2. The largest absolute Gasteiger partial charge is 0.417 e. The molecule has 3 rings (SSSR count). The Morgan fingerprint density at radius 3 is 2.57 bits per heavy atom. The summed E-state index contributed by atoms with van der Waals surface area (Å²) < 4.78 is 40.8. The minimum absolute atomic E-state index is 0.0203. The maximum absolute atomic E-state index is 13.1. The molecule has 0 N–H and O–H groups in total. The van der Waals surface area contributed by atoms with E-state index in [4.69, 9.17) is 0 Å². The Morgan fingerprint density at radius 1 is 1.10 bits per heavy atom. The maximum Gasteiger partial charge on any atom is 0.417 e. The van der Waals surface area contributed by atoms with Crippen LogP contribution in [0.1, 0.15) is 15.9 Å². The average molecular weight is 290 g/mol. The second kappa shape index (κ2) is 4.73. The van der Waals surface area contributed by atoms with Crippen molar-refractivity contribution in [3.8, 4) is 11.4 Å². The van der Waals surface area contributed by atoms with Crippen molar-refractivity contribution in [2.45, 2.75) is 6.18 Å². The van der Waals surface area contributed by atoms with Crippen LogP contribution in [0.5, 0.6) is 0 Å². The number of hydrogen-bond donors (Lipinski definition) is 0. The zero-order valence-electron chi connectivity index (χ0n) is 10.6. The van der Waals surface area contributed by atoms with Gasteiger partial charge in [0.25, 0.3) is 0 Å². The molecule has 3 nitrogen and oxygen atoms in total. The molecule has 0 amide bonds. The minimum Gasteiger partial charge on any atom is -0.299 e. The van der Waals surface area contributed by atoms with E-state index < -0.39 is 11.7 Å². The Morgan fingerprint density at radius 2 is 1.86 bits per heavy atom. The molecule has 0 bridgehead atoms. The second-order valence-corrected chi connectivity index (χ2v) is 4.50. The van der Waals surface area contributed by atoms with E-state index in [1.807, 2.05) is 0 Å². The third-order valence-electron chi connectivity index (χ3n) is 3.16. The summed E-state index contributed by atoms with van der Waals surface area (Å²) in [4.78, 5) is 14.9. The fraction of sp³-hybridized carbons (Fsp3) is 0.0667. The number of carbonyl (C=O) groups excluding carboxylic acids is 1. The highest BCUT2D eigenvalue weighted by molar-refractivity contribution is 5.76. The molecule has 0 aliphatic rings. The summed E-state index contributed by atoms with van der Waals surface area (Å²) in [7, 11) is 0. The highest BCUT2D eigenvalue weighted by Gasteiger charge is 2.34. The molecular formula is C15H9F3N2O. The molecule has 2 heterocycles. The number of carbonyl (C=O) groups is 1. The molecule has 0 unspecified atom stereocenters. The third-order valence-corrected chi connectivity index (χ3v) is 3.16. The molecule has 0 saturated heterocycles. The summed E-state index contributed by atoms with van der Waals surface area (Å²) in [5.74, 6) is 0.154. The summed E-state index contributed by atoms with van der Waals surface area (Å²) in [5, 5.41) is 0. The van der Waals surface area contributed by atoms with E-state index in [0.29, 0.717) is 17.4 Å². The van der Waals surface area contributed by atoms with Crippen molar-refractivity contribution in [3.05, 3.63) is 59.9 Å². The fourth-order valence-electron chi connectivity index (χ4n) is 2.20. The van der Waals surface area contributed by atoms with Crippen molar-refractivity contribution >= 4 is 11.8 Å². The lowest BCUT2D eigenvalue weighted by molar-refractivity contribution is -0.137. The molecule has 21 heavy (non-hydrogen) atoms. The Labute approximate surface area is 117 Å². The Kier molecular flexibility index (Phi) is 3.01. The van der Waals surface area contributed by atoms with Crippen molar-refractivity contribution < 1.29 is 18.0 Å². The van der Waals surface area contributed by atoms with E-state index >= 15 is 0 Å². The van der Waals surface area contributed by atoms with Gasteiger partial charge in [0, 0.05) is 17.3 Å². The predicted molar refractivity (Wildman–Crippen MR) is 71.0 cm³/mol. The summed E-state index contributed by atoms with van der Waals surface area (Å²) in [6.45, 7) is 0. The average Bonchev–Trinajstić information content (AvgIpc) is 2.89. The summed E-state index contributed by atoms with van der Waals surface area (Å²) in [5.41, 5.74) is 0.209. The molecule has 0 saturated carbocycles. The molecule has 0 aliphatic carbocycles. The molecule has 0 aliphatic heterocycles. The summed E-state index contributed by atoms with van der Waals surface area (Å²) in [6.07, 6.45) is -0.890. The third kappa shape index (κ3) is 2.29. The first kappa shape index (κ1) is 13.4. The lowest BCUT2D eigenvalue weighted by atomic mass is 10.1. The minimum atomic E-state index is -4.47. The molecule has 3 aromatic rings. The highest BCUT2D eigenvalue weighted by atomic mass is 19.4. The van der Waals surface area contributed by atoms with Gasteiger partial charge in [0.15, 0.2) is 6.29 Å². The van der Waals surface area contributed by atoms with Crippen LogP contribution in [0.2, 0.25) is 0 Å². The number of rotatable bonds is 2. The van der Waals surface area contributed by atoms with Gasteiger partial charge in [-0.2, -0.15) is 13.2 Å². The normalized spacial score (nSPS) is 11.8. The van der Waals surface area contributed by atoms with E-state index in [-0.39, 0.29) is 11.4 Å². The van der Waals surface area contributed by atoms with Gasteiger partial charge < -0.3 is 0 Å². The van der Waals surface area contributed by atoms with Crippen molar-refractivity contribution in [1.82, 2.24) is 9.38 Å². The van der Waals surface area contributed by atoms with Gasteiger partial charge in [-0.3, -0.25) is 9.20 Å².